The van der Waals surface area contributed by atoms with Gasteiger partial charge in [-0.2, -0.15) is 0 Å². The molecule has 1 heterocycles. The van der Waals surface area contributed by atoms with Crippen molar-refractivity contribution in [1.29, 1.82) is 0 Å². The first-order valence-electron chi connectivity index (χ1n) is 6.17. The largest absolute Gasteiger partial charge is 0.478 e. The fraction of sp³-hybridized carbons (Fsp3) is 0.692. The molecule has 18 heavy (non-hydrogen) atoms. The first-order chi connectivity index (χ1) is 8.28. The van der Waals surface area contributed by atoms with Gasteiger partial charge >= 0.3 is 12.1 Å². The molecular weight excluding hydrogens is 234 g/mol. The summed E-state index contributed by atoms with van der Waals surface area (Å²) in [7, 11) is 0. The Morgan fingerprint density at radius 3 is 2.28 bits per heavy atom. The molecule has 0 saturated carbocycles. The molecule has 0 atom stereocenters. The molecule has 0 bridgehead atoms. The Hall–Kier alpha value is -1.52. The molecular formula is C13H21NO4. The highest BCUT2D eigenvalue weighted by atomic mass is 16.6. The molecule has 5 heteroatoms. The minimum Gasteiger partial charge on any atom is -0.478 e. The molecule has 1 rings (SSSR count). The van der Waals surface area contributed by atoms with Gasteiger partial charge in [0.05, 0.1) is 0 Å². The Balaban J connectivity index is 2.39. The van der Waals surface area contributed by atoms with E-state index < -0.39 is 11.6 Å². The number of nitrogens with zero attached hydrogens (tertiary/aromatic N) is 1. The van der Waals surface area contributed by atoms with Crippen molar-refractivity contribution in [3.63, 3.8) is 0 Å². The van der Waals surface area contributed by atoms with Crippen LogP contribution in [0.25, 0.3) is 0 Å². The minimum absolute atomic E-state index is 0.236. The smallest absolute Gasteiger partial charge is 0.410 e. The molecule has 1 amide bonds. The summed E-state index contributed by atoms with van der Waals surface area (Å²) < 4.78 is 5.29. The third-order valence-electron chi connectivity index (χ3n) is 2.70. The Labute approximate surface area is 107 Å². The first-order valence-corrected chi connectivity index (χ1v) is 6.17. The number of carbonyl (C=O) groups excluding carboxylic acids is 1. The van der Waals surface area contributed by atoms with Crippen molar-refractivity contribution in [1.82, 2.24) is 4.90 Å². The summed E-state index contributed by atoms with van der Waals surface area (Å²) in [5.41, 5.74) is -0.475. The summed E-state index contributed by atoms with van der Waals surface area (Å²) in [4.78, 5) is 23.9. The zero-order valence-electron chi connectivity index (χ0n) is 11.2. The van der Waals surface area contributed by atoms with Gasteiger partial charge in [-0.3, -0.25) is 0 Å². The number of rotatable bonds is 2. The van der Waals surface area contributed by atoms with Crippen molar-refractivity contribution in [3.8, 4) is 0 Å². The number of carboxylic acids is 1. The Bertz CT molecular complexity index is 335. The number of allylic oxidation sites excluding steroid dienone is 1. The summed E-state index contributed by atoms with van der Waals surface area (Å²) in [6.07, 6.45) is 4.15. The summed E-state index contributed by atoms with van der Waals surface area (Å²) >= 11 is 0. The van der Waals surface area contributed by atoms with Gasteiger partial charge in [0.15, 0.2) is 0 Å². The predicted molar refractivity (Wildman–Crippen MR) is 67.3 cm³/mol. The summed E-state index contributed by atoms with van der Waals surface area (Å²) in [5, 5.41) is 8.54. The van der Waals surface area contributed by atoms with E-state index >= 15 is 0 Å². The van der Waals surface area contributed by atoms with E-state index in [4.69, 9.17) is 9.84 Å². The number of ether oxygens (including phenoxy) is 1. The lowest BCUT2D eigenvalue weighted by Crippen LogP contribution is -2.41. The maximum Gasteiger partial charge on any atom is 0.410 e. The van der Waals surface area contributed by atoms with Crippen molar-refractivity contribution >= 4 is 12.1 Å². The maximum atomic E-state index is 11.8. The highest BCUT2D eigenvalue weighted by Gasteiger charge is 2.25. The van der Waals surface area contributed by atoms with E-state index in [9.17, 15) is 9.59 Å². The highest BCUT2D eigenvalue weighted by Crippen LogP contribution is 2.20. The quantitative estimate of drug-likeness (QED) is 0.769. The molecule has 0 aliphatic carbocycles. The predicted octanol–water partition coefficient (Wildman–Crippen LogP) is 2.27. The van der Waals surface area contributed by atoms with Crippen molar-refractivity contribution in [2.75, 3.05) is 13.1 Å². The number of carboxylic acid groups (broad SMARTS) is 1. The van der Waals surface area contributed by atoms with Gasteiger partial charge < -0.3 is 14.7 Å². The topological polar surface area (TPSA) is 66.8 Å². The standard InChI is InChI=1S/C13H21NO4/c1-13(2,3)18-12(17)14-8-6-10(7-9-14)4-5-11(15)16/h4-5,10H,6-9H2,1-3H3,(H,15,16). The molecule has 1 aliphatic rings. The lowest BCUT2D eigenvalue weighted by Gasteiger charge is -2.32. The van der Waals surface area contributed by atoms with Crippen LogP contribution in [0.4, 0.5) is 4.79 Å². The molecule has 1 N–H and O–H groups in total. The second-order valence-corrected chi connectivity index (χ2v) is 5.50. The average molecular weight is 255 g/mol. The fourth-order valence-electron chi connectivity index (χ4n) is 1.82. The van der Waals surface area contributed by atoms with Gasteiger partial charge in [0.1, 0.15) is 5.60 Å². The van der Waals surface area contributed by atoms with Crippen LogP contribution in [0.2, 0.25) is 0 Å². The average Bonchev–Trinajstić information content (AvgIpc) is 2.24. The van der Waals surface area contributed by atoms with Gasteiger partial charge in [-0.1, -0.05) is 6.08 Å². The summed E-state index contributed by atoms with van der Waals surface area (Å²) in [6, 6.07) is 0. The Kier molecular flexibility index (Phi) is 4.76. The van der Waals surface area contributed by atoms with Crippen LogP contribution >= 0.6 is 0 Å². The van der Waals surface area contributed by atoms with Crippen LogP contribution in [-0.2, 0) is 9.53 Å². The lowest BCUT2D eigenvalue weighted by molar-refractivity contribution is -0.131. The van der Waals surface area contributed by atoms with Crippen LogP contribution in [0.3, 0.4) is 0 Å². The van der Waals surface area contributed by atoms with E-state index in [0.717, 1.165) is 12.8 Å². The Morgan fingerprint density at radius 2 is 1.83 bits per heavy atom. The molecule has 5 nitrogen and oxygen atoms in total. The summed E-state index contributed by atoms with van der Waals surface area (Å²) in [5.74, 6) is -0.690. The molecule has 1 saturated heterocycles. The SMILES string of the molecule is CC(C)(C)OC(=O)N1CCC(C=CC(=O)O)CC1. The number of piperidine rings is 1. The molecule has 0 aromatic heterocycles. The monoisotopic (exact) mass is 255 g/mol. The molecule has 0 unspecified atom stereocenters. The van der Waals surface area contributed by atoms with E-state index in [0.29, 0.717) is 13.1 Å². The summed E-state index contributed by atoms with van der Waals surface area (Å²) in [6.45, 7) is 6.75. The third kappa shape index (κ3) is 5.21. The lowest BCUT2D eigenvalue weighted by atomic mass is 9.96. The molecule has 0 aromatic carbocycles. The molecule has 1 fully saturated rings. The number of hydrogen-bond acceptors (Lipinski definition) is 3. The van der Waals surface area contributed by atoms with Crippen molar-refractivity contribution in [2.24, 2.45) is 5.92 Å². The normalized spacial score (nSPS) is 18.1. The molecule has 0 spiro atoms. The molecule has 1 aliphatic heterocycles. The van der Waals surface area contributed by atoms with Crippen LogP contribution in [0.15, 0.2) is 12.2 Å². The van der Waals surface area contributed by atoms with Crippen molar-refractivity contribution in [3.05, 3.63) is 12.2 Å². The van der Waals surface area contributed by atoms with E-state index in [1.807, 2.05) is 20.8 Å². The van der Waals surface area contributed by atoms with E-state index in [1.165, 1.54) is 6.08 Å². The number of amides is 1. The zero-order chi connectivity index (χ0) is 13.8. The molecule has 102 valence electrons. The van der Waals surface area contributed by atoms with Crippen LogP contribution in [-0.4, -0.2) is 40.8 Å². The van der Waals surface area contributed by atoms with Crippen LogP contribution < -0.4 is 0 Å². The van der Waals surface area contributed by atoms with E-state index in [-0.39, 0.29) is 12.0 Å². The minimum atomic E-state index is -0.926. The van der Waals surface area contributed by atoms with Gasteiger partial charge in [-0.15, -0.1) is 0 Å². The second-order valence-electron chi connectivity index (χ2n) is 5.50. The molecule has 0 aromatic rings. The number of carbonyl (C=O) groups is 2. The molecule has 0 radical (unpaired) electrons. The van der Waals surface area contributed by atoms with Crippen LogP contribution in [0.5, 0.6) is 0 Å². The third-order valence-corrected chi connectivity index (χ3v) is 2.70. The van der Waals surface area contributed by atoms with Crippen LogP contribution in [0, 0.1) is 5.92 Å². The number of likely N-dealkylation sites (tertiary alicyclic amines) is 1. The highest BCUT2D eigenvalue weighted by molar-refractivity contribution is 5.79. The zero-order valence-corrected chi connectivity index (χ0v) is 11.2. The van der Waals surface area contributed by atoms with Crippen molar-refractivity contribution in [2.45, 2.75) is 39.2 Å². The number of aliphatic carboxylic acids is 1. The second kappa shape index (κ2) is 5.89. The van der Waals surface area contributed by atoms with Gasteiger partial charge in [0.25, 0.3) is 0 Å². The van der Waals surface area contributed by atoms with E-state index in [2.05, 4.69) is 0 Å². The fourth-order valence-corrected chi connectivity index (χ4v) is 1.82. The van der Waals surface area contributed by atoms with Crippen LogP contribution in [0.1, 0.15) is 33.6 Å². The first kappa shape index (κ1) is 14.5. The van der Waals surface area contributed by atoms with Crippen molar-refractivity contribution < 1.29 is 19.4 Å². The Morgan fingerprint density at radius 1 is 1.28 bits per heavy atom. The number of hydrogen-bond donors (Lipinski definition) is 1. The van der Waals surface area contributed by atoms with Gasteiger partial charge in [-0.05, 0) is 39.5 Å². The van der Waals surface area contributed by atoms with Gasteiger partial charge in [0, 0.05) is 19.2 Å². The van der Waals surface area contributed by atoms with E-state index in [1.54, 1.807) is 11.0 Å². The van der Waals surface area contributed by atoms with Gasteiger partial charge in [0.2, 0.25) is 0 Å². The maximum absolute atomic E-state index is 11.8. The van der Waals surface area contributed by atoms with Gasteiger partial charge in [-0.25, -0.2) is 9.59 Å².